The van der Waals surface area contributed by atoms with Gasteiger partial charge in [-0.15, -0.1) is 0 Å². The molecule has 0 saturated carbocycles. The van der Waals surface area contributed by atoms with Crippen LogP contribution in [-0.4, -0.2) is 39.0 Å². The van der Waals surface area contributed by atoms with Crippen LogP contribution in [0.25, 0.3) is 0 Å². The zero-order chi connectivity index (χ0) is 15.3. The number of nitrogens with zero attached hydrogens (tertiary/aromatic N) is 1. The highest BCUT2D eigenvalue weighted by atomic mass is 32.2. The zero-order valence-electron chi connectivity index (χ0n) is 12.6. The summed E-state index contributed by atoms with van der Waals surface area (Å²) in [6.07, 6.45) is 2.91. The number of nitrogens with one attached hydrogen (secondary N) is 1. The van der Waals surface area contributed by atoms with Crippen molar-refractivity contribution in [3.63, 3.8) is 0 Å². The van der Waals surface area contributed by atoms with E-state index in [4.69, 9.17) is 5.73 Å². The molecule has 0 aromatic heterocycles. The largest absolute Gasteiger partial charge is 0.399 e. The second kappa shape index (κ2) is 7.24. The fraction of sp³-hybridized carbons (Fsp3) is 0.600. The molecule has 0 spiro atoms. The Morgan fingerprint density at radius 1 is 1.33 bits per heavy atom. The minimum Gasteiger partial charge on any atom is -0.399 e. The van der Waals surface area contributed by atoms with E-state index in [1.807, 2.05) is 0 Å². The molecule has 3 N–H and O–H groups in total. The Bertz CT molecular complexity index is 552. The van der Waals surface area contributed by atoms with E-state index in [0.29, 0.717) is 5.69 Å². The molecule has 118 valence electrons. The highest BCUT2D eigenvalue weighted by Gasteiger charge is 2.23. The molecule has 0 atom stereocenters. The maximum absolute atomic E-state index is 12.2. The summed E-state index contributed by atoms with van der Waals surface area (Å²) >= 11 is 0. The van der Waals surface area contributed by atoms with Crippen molar-refractivity contribution in [2.45, 2.75) is 38.0 Å². The summed E-state index contributed by atoms with van der Waals surface area (Å²) in [6.45, 7) is 5.21. The number of likely N-dealkylation sites (tertiary alicyclic amines) is 1. The maximum Gasteiger partial charge on any atom is 0.216 e. The van der Waals surface area contributed by atoms with Gasteiger partial charge in [0, 0.05) is 11.7 Å². The van der Waals surface area contributed by atoms with Gasteiger partial charge < -0.3 is 10.6 Å². The molecule has 0 radical (unpaired) electrons. The van der Waals surface area contributed by atoms with Crippen LogP contribution < -0.4 is 10.5 Å². The lowest BCUT2D eigenvalue weighted by Crippen LogP contribution is -2.45. The predicted molar refractivity (Wildman–Crippen MR) is 86.4 cm³/mol. The number of piperidine rings is 1. The Hall–Kier alpha value is -1.11. The van der Waals surface area contributed by atoms with Gasteiger partial charge in [-0.1, -0.05) is 19.1 Å². The van der Waals surface area contributed by atoms with Crippen molar-refractivity contribution in [1.29, 1.82) is 0 Å². The van der Waals surface area contributed by atoms with Crippen molar-refractivity contribution >= 4 is 15.7 Å². The summed E-state index contributed by atoms with van der Waals surface area (Å²) in [7, 11) is -3.30. The van der Waals surface area contributed by atoms with E-state index >= 15 is 0 Å². The Labute approximate surface area is 127 Å². The lowest BCUT2D eigenvalue weighted by molar-refractivity contribution is 0.208. The van der Waals surface area contributed by atoms with Gasteiger partial charge in [0.05, 0.1) is 5.75 Å². The first kappa shape index (κ1) is 16.3. The minimum atomic E-state index is -3.30. The first-order valence-electron chi connectivity index (χ1n) is 7.55. The van der Waals surface area contributed by atoms with Crippen molar-refractivity contribution in [2.75, 3.05) is 25.4 Å². The third kappa shape index (κ3) is 5.30. The molecular formula is C15H25N3O2S. The summed E-state index contributed by atoms with van der Waals surface area (Å²) in [6, 6.07) is 7.10. The van der Waals surface area contributed by atoms with Gasteiger partial charge in [-0.25, -0.2) is 13.1 Å². The number of benzene rings is 1. The summed E-state index contributed by atoms with van der Waals surface area (Å²) in [5.41, 5.74) is 7.01. The number of sulfonamides is 1. The number of rotatable bonds is 6. The monoisotopic (exact) mass is 311 g/mol. The standard InChI is InChI=1S/C15H25N3O2S/c1-2-8-18-9-6-15(7-10-18)17-21(19,20)12-13-4-3-5-14(16)11-13/h3-5,11,15,17H,2,6-10,12,16H2,1H3. The molecule has 1 saturated heterocycles. The third-order valence-electron chi connectivity index (χ3n) is 3.78. The molecule has 6 heteroatoms. The molecule has 1 aromatic carbocycles. The Kier molecular flexibility index (Phi) is 5.61. The molecule has 0 bridgehead atoms. The van der Waals surface area contributed by atoms with E-state index in [2.05, 4.69) is 16.5 Å². The van der Waals surface area contributed by atoms with Crippen LogP contribution in [0.5, 0.6) is 0 Å². The molecule has 1 fully saturated rings. The molecule has 1 heterocycles. The molecule has 5 nitrogen and oxygen atoms in total. The van der Waals surface area contributed by atoms with Crippen molar-refractivity contribution < 1.29 is 8.42 Å². The summed E-state index contributed by atoms with van der Waals surface area (Å²) < 4.78 is 27.3. The van der Waals surface area contributed by atoms with Crippen LogP contribution >= 0.6 is 0 Å². The minimum absolute atomic E-state index is 0.00673. The fourth-order valence-electron chi connectivity index (χ4n) is 2.79. The number of hydrogen-bond donors (Lipinski definition) is 2. The Morgan fingerprint density at radius 2 is 2.05 bits per heavy atom. The Morgan fingerprint density at radius 3 is 2.67 bits per heavy atom. The first-order chi connectivity index (χ1) is 9.98. The van der Waals surface area contributed by atoms with Gasteiger partial charge in [0.2, 0.25) is 10.0 Å². The topological polar surface area (TPSA) is 75.4 Å². The van der Waals surface area contributed by atoms with Crippen molar-refractivity contribution in [1.82, 2.24) is 9.62 Å². The summed E-state index contributed by atoms with van der Waals surface area (Å²) in [4.78, 5) is 2.39. The second-order valence-corrected chi connectivity index (χ2v) is 7.49. The molecule has 0 unspecified atom stereocenters. The normalized spacial score (nSPS) is 18.0. The molecular weight excluding hydrogens is 286 g/mol. The SMILES string of the molecule is CCCN1CCC(NS(=O)(=O)Cc2cccc(N)c2)CC1. The molecule has 21 heavy (non-hydrogen) atoms. The van der Waals surface area contributed by atoms with E-state index in [-0.39, 0.29) is 11.8 Å². The van der Waals surface area contributed by atoms with Crippen LogP contribution in [0.4, 0.5) is 5.69 Å². The van der Waals surface area contributed by atoms with Crippen LogP contribution in [0.15, 0.2) is 24.3 Å². The predicted octanol–water partition coefficient (Wildman–Crippen LogP) is 1.56. The van der Waals surface area contributed by atoms with E-state index in [9.17, 15) is 8.42 Å². The third-order valence-corrected chi connectivity index (χ3v) is 5.19. The lowest BCUT2D eigenvalue weighted by atomic mass is 10.1. The molecule has 1 aliphatic heterocycles. The molecule has 1 aromatic rings. The van der Waals surface area contributed by atoms with Crippen molar-refractivity contribution in [3.05, 3.63) is 29.8 Å². The first-order valence-corrected chi connectivity index (χ1v) is 9.20. The quantitative estimate of drug-likeness (QED) is 0.782. The van der Waals surface area contributed by atoms with Crippen LogP contribution in [0.2, 0.25) is 0 Å². The smallest absolute Gasteiger partial charge is 0.216 e. The highest BCUT2D eigenvalue weighted by molar-refractivity contribution is 7.88. The van der Waals surface area contributed by atoms with E-state index in [0.717, 1.165) is 44.5 Å². The molecule has 0 aliphatic carbocycles. The summed E-state index contributed by atoms with van der Waals surface area (Å²) in [5, 5.41) is 0. The van der Waals surface area contributed by atoms with Crippen LogP contribution in [0.3, 0.4) is 0 Å². The van der Waals surface area contributed by atoms with Gasteiger partial charge in [-0.05, 0) is 56.6 Å². The second-order valence-electron chi connectivity index (χ2n) is 5.74. The lowest BCUT2D eigenvalue weighted by Gasteiger charge is -2.31. The van der Waals surface area contributed by atoms with Crippen LogP contribution in [0, 0.1) is 0 Å². The van der Waals surface area contributed by atoms with Gasteiger partial charge in [0.25, 0.3) is 0 Å². The Balaban J connectivity index is 1.87. The number of anilines is 1. The number of nitrogens with two attached hydrogens (primary N) is 1. The molecule has 1 aliphatic rings. The van der Waals surface area contributed by atoms with Crippen LogP contribution in [-0.2, 0) is 15.8 Å². The van der Waals surface area contributed by atoms with Gasteiger partial charge in [0.15, 0.2) is 0 Å². The van der Waals surface area contributed by atoms with Crippen LogP contribution in [0.1, 0.15) is 31.7 Å². The van der Waals surface area contributed by atoms with E-state index < -0.39 is 10.0 Å². The average Bonchev–Trinajstić information content (AvgIpc) is 2.40. The van der Waals surface area contributed by atoms with Gasteiger partial charge in [0.1, 0.15) is 0 Å². The highest BCUT2D eigenvalue weighted by Crippen LogP contribution is 2.14. The van der Waals surface area contributed by atoms with Gasteiger partial charge in [-0.2, -0.15) is 0 Å². The number of hydrogen-bond acceptors (Lipinski definition) is 4. The number of nitrogen functional groups attached to an aromatic ring is 1. The zero-order valence-corrected chi connectivity index (χ0v) is 13.4. The molecule has 2 rings (SSSR count). The van der Waals surface area contributed by atoms with Crippen molar-refractivity contribution in [2.24, 2.45) is 0 Å². The van der Waals surface area contributed by atoms with Gasteiger partial charge in [-0.3, -0.25) is 0 Å². The summed E-state index contributed by atoms with van der Waals surface area (Å²) in [5.74, 6) is -0.00673. The maximum atomic E-state index is 12.2. The average molecular weight is 311 g/mol. The molecule has 0 amide bonds. The van der Waals surface area contributed by atoms with Gasteiger partial charge >= 0.3 is 0 Å². The fourth-order valence-corrected chi connectivity index (χ4v) is 4.23. The van der Waals surface area contributed by atoms with E-state index in [1.165, 1.54) is 0 Å². The van der Waals surface area contributed by atoms with E-state index in [1.54, 1.807) is 24.3 Å². The van der Waals surface area contributed by atoms with Crippen molar-refractivity contribution in [3.8, 4) is 0 Å².